The molecule has 0 spiro atoms. The van der Waals surface area contributed by atoms with Gasteiger partial charge < -0.3 is 10.4 Å². The van der Waals surface area contributed by atoms with Crippen LogP contribution in [0.25, 0.3) is 0 Å². The van der Waals surface area contributed by atoms with Crippen molar-refractivity contribution in [1.29, 1.82) is 0 Å². The lowest BCUT2D eigenvalue weighted by atomic mass is 9.94. The molecule has 0 aliphatic rings. The van der Waals surface area contributed by atoms with E-state index in [1.807, 2.05) is 18.7 Å². The van der Waals surface area contributed by atoms with Crippen LogP contribution >= 0.6 is 11.8 Å². The van der Waals surface area contributed by atoms with Crippen LogP contribution in [0.5, 0.6) is 0 Å². The molecule has 0 bridgehead atoms. The number of unbranched alkanes of at least 4 members (excludes halogenated alkanes) is 1. The van der Waals surface area contributed by atoms with Crippen molar-refractivity contribution in [2.24, 2.45) is 5.92 Å². The van der Waals surface area contributed by atoms with Gasteiger partial charge in [0.2, 0.25) is 0 Å². The summed E-state index contributed by atoms with van der Waals surface area (Å²) >= 11 is 1.90. The summed E-state index contributed by atoms with van der Waals surface area (Å²) in [6.07, 6.45) is 5.48. The van der Waals surface area contributed by atoms with E-state index in [-0.39, 0.29) is 0 Å². The maximum atomic E-state index is 10.0. The lowest BCUT2D eigenvalue weighted by Gasteiger charge is -2.25. The minimum atomic E-state index is -0.548. The van der Waals surface area contributed by atoms with E-state index in [4.69, 9.17) is 0 Å². The van der Waals surface area contributed by atoms with Crippen LogP contribution in [0.3, 0.4) is 0 Å². The number of thioether (sulfide) groups is 1. The molecule has 0 fully saturated rings. The van der Waals surface area contributed by atoms with E-state index >= 15 is 0 Å². The van der Waals surface area contributed by atoms with Gasteiger partial charge in [0.05, 0.1) is 5.60 Å². The average Bonchev–Trinajstić information content (AvgIpc) is 2.08. The van der Waals surface area contributed by atoms with Gasteiger partial charge in [0, 0.05) is 6.54 Å². The number of rotatable bonds is 9. The fraction of sp³-hybridized carbons (Fsp3) is 1.00. The van der Waals surface area contributed by atoms with Gasteiger partial charge >= 0.3 is 0 Å². The van der Waals surface area contributed by atoms with Crippen LogP contribution in [0, 0.1) is 5.92 Å². The summed E-state index contributed by atoms with van der Waals surface area (Å²) in [7, 11) is 0. The normalized spacial score (nSPS) is 15.6. The Balaban J connectivity index is 3.40. The van der Waals surface area contributed by atoms with Crippen molar-refractivity contribution in [3.8, 4) is 0 Å². The third-order valence-electron chi connectivity index (χ3n) is 2.31. The van der Waals surface area contributed by atoms with Gasteiger partial charge in [-0.15, -0.1) is 0 Å². The summed E-state index contributed by atoms with van der Waals surface area (Å²) < 4.78 is 0. The molecule has 0 heterocycles. The molecule has 0 aromatic carbocycles. The molecule has 0 rings (SSSR count). The van der Waals surface area contributed by atoms with Crippen molar-refractivity contribution in [2.75, 3.05) is 25.1 Å². The molecule has 1 unspecified atom stereocenters. The predicted molar refractivity (Wildman–Crippen MR) is 70.6 cm³/mol. The smallest absolute Gasteiger partial charge is 0.0746 e. The summed E-state index contributed by atoms with van der Waals surface area (Å²) in [5.74, 6) is 1.79. The Kier molecular flexibility index (Phi) is 8.58. The van der Waals surface area contributed by atoms with Crippen LogP contribution in [-0.4, -0.2) is 35.8 Å². The van der Waals surface area contributed by atoms with Gasteiger partial charge in [0.25, 0.3) is 0 Å². The molecule has 1 atom stereocenters. The predicted octanol–water partition coefficient (Wildman–Crippen LogP) is 2.52. The van der Waals surface area contributed by atoms with Crippen molar-refractivity contribution in [3.63, 3.8) is 0 Å². The average molecular weight is 233 g/mol. The van der Waals surface area contributed by atoms with Gasteiger partial charge in [-0.25, -0.2) is 0 Å². The summed E-state index contributed by atoms with van der Waals surface area (Å²) in [4.78, 5) is 0. The van der Waals surface area contributed by atoms with Crippen LogP contribution in [0.2, 0.25) is 0 Å². The van der Waals surface area contributed by atoms with E-state index in [9.17, 15) is 5.11 Å². The second-order valence-corrected chi connectivity index (χ2v) is 5.96. The Bertz CT molecular complexity index is 149. The molecule has 0 aliphatic heterocycles. The topological polar surface area (TPSA) is 32.3 Å². The van der Waals surface area contributed by atoms with E-state index in [1.165, 1.54) is 18.6 Å². The largest absolute Gasteiger partial charge is 0.389 e. The van der Waals surface area contributed by atoms with Crippen LogP contribution in [0.1, 0.15) is 40.0 Å². The molecule has 0 radical (unpaired) electrons. The minimum Gasteiger partial charge on any atom is -0.389 e. The van der Waals surface area contributed by atoms with Gasteiger partial charge in [0.1, 0.15) is 0 Å². The van der Waals surface area contributed by atoms with Crippen LogP contribution in [-0.2, 0) is 0 Å². The summed E-state index contributed by atoms with van der Waals surface area (Å²) in [5.41, 5.74) is -0.548. The number of hydrogen-bond donors (Lipinski definition) is 2. The first-order valence-corrected chi connectivity index (χ1v) is 7.29. The molecule has 0 saturated carbocycles. The zero-order valence-corrected chi connectivity index (χ0v) is 11.5. The summed E-state index contributed by atoms with van der Waals surface area (Å²) in [6.45, 7) is 7.95. The standard InChI is InChI=1S/C12H27NOS/c1-11(2)9-12(3,14)10-13-7-5-6-8-15-4/h11,13-14H,5-10H2,1-4H3. The van der Waals surface area contributed by atoms with Crippen LogP contribution in [0.15, 0.2) is 0 Å². The van der Waals surface area contributed by atoms with E-state index in [0.717, 1.165) is 13.0 Å². The molecule has 0 amide bonds. The number of aliphatic hydroxyl groups is 1. The quantitative estimate of drug-likeness (QED) is 0.600. The van der Waals surface area contributed by atoms with E-state index in [1.54, 1.807) is 0 Å². The third-order valence-corrected chi connectivity index (χ3v) is 3.00. The Morgan fingerprint density at radius 2 is 2.00 bits per heavy atom. The molecule has 15 heavy (non-hydrogen) atoms. The first-order chi connectivity index (χ1) is 6.98. The molecule has 0 saturated heterocycles. The second kappa shape index (κ2) is 8.43. The van der Waals surface area contributed by atoms with Crippen molar-refractivity contribution in [3.05, 3.63) is 0 Å². The minimum absolute atomic E-state index is 0.548. The molecule has 3 heteroatoms. The fourth-order valence-electron chi connectivity index (χ4n) is 1.81. The van der Waals surface area contributed by atoms with Crippen molar-refractivity contribution >= 4 is 11.8 Å². The Morgan fingerprint density at radius 1 is 1.33 bits per heavy atom. The molecule has 0 aromatic rings. The lowest BCUT2D eigenvalue weighted by molar-refractivity contribution is 0.0387. The van der Waals surface area contributed by atoms with Gasteiger partial charge in [0.15, 0.2) is 0 Å². The van der Waals surface area contributed by atoms with Gasteiger partial charge in [-0.3, -0.25) is 0 Å². The van der Waals surface area contributed by atoms with Crippen LogP contribution in [0.4, 0.5) is 0 Å². The third kappa shape index (κ3) is 10.6. The molecule has 2 N–H and O–H groups in total. The first kappa shape index (κ1) is 15.3. The highest BCUT2D eigenvalue weighted by atomic mass is 32.2. The Morgan fingerprint density at radius 3 is 2.53 bits per heavy atom. The fourth-order valence-corrected chi connectivity index (χ4v) is 2.30. The molecular formula is C12H27NOS. The first-order valence-electron chi connectivity index (χ1n) is 5.90. The molecule has 92 valence electrons. The summed E-state index contributed by atoms with van der Waals surface area (Å²) in [6, 6.07) is 0. The second-order valence-electron chi connectivity index (χ2n) is 4.97. The monoisotopic (exact) mass is 233 g/mol. The Hall–Kier alpha value is 0.270. The number of nitrogens with one attached hydrogen (secondary N) is 1. The van der Waals surface area contributed by atoms with Gasteiger partial charge in [-0.1, -0.05) is 13.8 Å². The molecular weight excluding hydrogens is 206 g/mol. The zero-order chi connectivity index (χ0) is 11.7. The van der Waals surface area contributed by atoms with Crippen molar-refractivity contribution < 1.29 is 5.11 Å². The number of hydrogen-bond acceptors (Lipinski definition) is 3. The maximum absolute atomic E-state index is 10.0. The Labute approximate surface area is 99.2 Å². The highest BCUT2D eigenvalue weighted by Gasteiger charge is 2.20. The van der Waals surface area contributed by atoms with E-state index in [0.29, 0.717) is 12.5 Å². The highest BCUT2D eigenvalue weighted by Crippen LogP contribution is 2.14. The van der Waals surface area contributed by atoms with E-state index < -0.39 is 5.60 Å². The zero-order valence-electron chi connectivity index (χ0n) is 10.7. The summed E-state index contributed by atoms with van der Waals surface area (Å²) in [5, 5.41) is 13.4. The van der Waals surface area contributed by atoms with Crippen LogP contribution < -0.4 is 5.32 Å². The van der Waals surface area contributed by atoms with Gasteiger partial charge in [-0.05, 0) is 50.7 Å². The van der Waals surface area contributed by atoms with Crippen molar-refractivity contribution in [2.45, 2.75) is 45.6 Å². The SMILES string of the molecule is CSCCCCNCC(C)(O)CC(C)C. The highest BCUT2D eigenvalue weighted by molar-refractivity contribution is 7.98. The molecule has 2 nitrogen and oxygen atoms in total. The lowest BCUT2D eigenvalue weighted by Crippen LogP contribution is -2.39. The van der Waals surface area contributed by atoms with Crippen molar-refractivity contribution in [1.82, 2.24) is 5.32 Å². The molecule has 0 aliphatic carbocycles. The molecule has 0 aromatic heterocycles. The van der Waals surface area contributed by atoms with E-state index in [2.05, 4.69) is 25.4 Å². The van der Waals surface area contributed by atoms with Gasteiger partial charge in [-0.2, -0.15) is 11.8 Å². The maximum Gasteiger partial charge on any atom is 0.0746 e.